The Bertz CT molecular complexity index is 782. The molecule has 0 saturated carbocycles. The van der Waals surface area contributed by atoms with E-state index >= 15 is 0 Å². The van der Waals surface area contributed by atoms with E-state index in [0.717, 1.165) is 51.4 Å². The van der Waals surface area contributed by atoms with Gasteiger partial charge in [0, 0.05) is 12.8 Å². The van der Waals surface area contributed by atoms with Gasteiger partial charge < -0.3 is 19.3 Å². The number of phosphoric ester groups is 1. The molecule has 0 fully saturated rings. The number of unbranched alkanes of at least 4 members (excludes halogenated alkanes) is 24. The summed E-state index contributed by atoms with van der Waals surface area (Å²) in [5, 5.41) is 0. The van der Waals surface area contributed by atoms with Crippen molar-refractivity contribution in [2.45, 2.75) is 206 Å². The fourth-order valence-corrected chi connectivity index (χ4v) is 5.96. The van der Waals surface area contributed by atoms with Crippen molar-refractivity contribution >= 4 is 19.8 Å². The van der Waals surface area contributed by atoms with Gasteiger partial charge in [0.15, 0.2) is 6.10 Å². The van der Waals surface area contributed by atoms with Gasteiger partial charge in [0.1, 0.15) is 6.61 Å². The molecular weight excluding hydrogens is 615 g/mol. The third-order valence-electron chi connectivity index (χ3n) is 8.53. The van der Waals surface area contributed by atoms with E-state index in [1.807, 2.05) is 0 Å². The average Bonchev–Trinajstić information content (AvgIpc) is 3.03. The van der Waals surface area contributed by atoms with Crippen LogP contribution in [0.3, 0.4) is 0 Å². The lowest BCUT2D eigenvalue weighted by atomic mass is 10.0. The normalized spacial score (nSPS) is 12.5. The molecule has 0 aromatic heterocycles. The zero-order valence-electron chi connectivity index (χ0n) is 30.4. The van der Waals surface area contributed by atoms with Gasteiger partial charge in [-0.25, -0.2) is 4.57 Å². The molecule has 0 rings (SSSR count). The molecule has 2 N–H and O–H groups in total. The number of esters is 2. The summed E-state index contributed by atoms with van der Waals surface area (Å²) in [6.07, 6.45) is 36.4. The third kappa shape index (κ3) is 37.5. The first kappa shape index (κ1) is 45.8. The summed E-state index contributed by atoms with van der Waals surface area (Å²) >= 11 is 0. The summed E-state index contributed by atoms with van der Waals surface area (Å²) in [4.78, 5) is 42.7. The molecule has 8 nitrogen and oxygen atoms in total. The van der Waals surface area contributed by atoms with Gasteiger partial charge in [-0.15, -0.1) is 0 Å². The first-order valence-corrected chi connectivity index (χ1v) is 21.0. The minimum Gasteiger partial charge on any atom is -0.462 e. The van der Waals surface area contributed by atoms with Crippen LogP contribution in [0.2, 0.25) is 0 Å². The first-order chi connectivity index (χ1) is 22.8. The van der Waals surface area contributed by atoms with E-state index < -0.39 is 32.5 Å². The SMILES string of the molecule is CCCCCCCCC/C=C\CCCCCCCC(=O)OC(COC(=O)CCCCCCCCCCCCCCC)COP(=O)(O)O. The number of rotatable bonds is 36. The van der Waals surface area contributed by atoms with Crippen LogP contribution >= 0.6 is 7.82 Å². The van der Waals surface area contributed by atoms with E-state index in [1.54, 1.807) is 0 Å². The van der Waals surface area contributed by atoms with E-state index in [0.29, 0.717) is 6.42 Å². The summed E-state index contributed by atoms with van der Waals surface area (Å²) in [5.74, 6) is -0.886. The molecule has 47 heavy (non-hydrogen) atoms. The maximum Gasteiger partial charge on any atom is 0.469 e. The van der Waals surface area contributed by atoms with Gasteiger partial charge in [-0.2, -0.15) is 0 Å². The van der Waals surface area contributed by atoms with Crippen LogP contribution in [0.4, 0.5) is 0 Å². The van der Waals surface area contributed by atoms with Crippen molar-refractivity contribution < 1.29 is 37.9 Å². The molecule has 0 spiro atoms. The quantitative estimate of drug-likeness (QED) is 0.0289. The van der Waals surface area contributed by atoms with Crippen molar-refractivity contribution in [1.82, 2.24) is 0 Å². The molecule has 0 heterocycles. The molecule has 0 saturated heterocycles. The predicted octanol–water partition coefficient (Wildman–Crippen LogP) is 11.5. The first-order valence-electron chi connectivity index (χ1n) is 19.5. The van der Waals surface area contributed by atoms with E-state index in [9.17, 15) is 14.2 Å². The third-order valence-corrected chi connectivity index (χ3v) is 9.02. The Morgan fingerprint density at radius 2 is 0.894 bits per heavy atom. The summed E-state index contributed by atoms with van der Waals surface area (Å²) in [6.45, 7) is 3.68. The number of allylic oxidation sites excluding steroid dienone is 2. The van der Waals surface area contributed by atoms with E-state index in [2.05, 4.69) is 30.5 Å². The van der Waals surface area contributed by atoms with Crippen LogP contribution < -0.4 is 0 Å². The number of ether oxygens (including phenoxy) is 2. The fourth-order valence-electron chi connectivity index (χ4n) is 5.60. The van der Waals surface area contributed by atoms with E-state index in [-0.39, 0.29) is 19.4 Å². The molecule has 1 atom stereocenters. The molecule has 278 valence electrons. The summed E-state index contributed by atoms with van der Waals surface area (Å²) in [5.41, 5.74) is 0. The van der Waals surface area contributed by atoms with Gasteiger partial charge in [-0.1, -0.05) is 161 Å². The Labute approximate surface area is 288 Å². The Morgan fingerprint density at radius 3 is 1.30 bits per heavy atom. The van der Waals surface area contributed by atoms with Crippen molar-refractivity contribution in [3.63, 3.8) is 0 Å². The molecule has 1 unspecified atom stereocenters. The summed E-state index contributed by atoms with van der Waals surface area (Å²) in [7, 11) is -4.75. The maximum absolute atomic E-state index is 12.4. The topological polar surface area (TPSA) is 119 Å². The molecule has 0 aliphatic rings. The van der Waals surface area contributed by atoms with Gasteiger partial charge in [-0.05, 0) is 38.5 Å². The minimum absolute atomic E-state index is 0.206. The van der Waals surface area contributed by atoms with Crippen LogP contribution in [-0.2, 0) is 28.2 Å². The number of hydrogen-bond donors (Lipinski definition) is 2. The lowest BCUT2D eigenvalue weighted by Gasteiger charge is -2.18. The van der Waals surface area contributed by atoms with E-state index in [1.165, 1.54) is 116 Å². The van der Waals surface area contributed by atoms with Crippen molar-refractivity contribution in [3.05, 3.63) is 12.2 Å². The predicted molar refractivity (Wildman–Crippen MR) is 193 cm³/mol. The monoisotopic (exact) mass is 689 g/mol. The highest BCUT2D eigenvalue weighted by Gasteiger charge is 2.22. The Balaban J connectivity index is 3.94. The smallest absolute Gasteiger partial charge is 0.462 e. The molecule has 9 heteroatoms. The van der Waals surface area contributed by atoms with Gasteiger partial charge in [0.2, 0.25) is 0 Å². The highest BCUT2D eigenvalue weighted by Crippen LogP contribution is 2.36. The second kappa shape index (κ2) is 34.6. The second-order valence-electron chi connectivity index (χ2n) is 13.3. The van der Waals surface area contributed by atoms with Crippen LogP contribution in [-0.4, -0.2) is 41.0 Å². The minimum atomic E-state index is -4.75. The fraction of sp³-hybridized carbons (Fsp3) is 0.895. The summed E-state index contributed by atoms with van der Waals surface area (Å²) < 4.78 is 26.3. The Morgan fingerprint density at radius 1 is 0.532 bits per heavy atom. The average molecular weight is 689 g/mol. The maximum atomic E-state index is 12.4. The van der Waals surface area contributed by atoms with Crippen molar-refractivity contribution in [1.29, 1.82) is 0 Å². The molecule has 0 aliphatic carbocycles. The van der Waals surface area contributed by atoms with Crippen molar-refractivity contribution in [2.75, 3.05) is 13.2 Å². The number of carbonyl (C=O) groups is 2. The van der Waals surface area contributed by atoms with Crippen LogP contribution in [0.1, 0.15) is 200 Å². The molecule has 0 bridgehead atoms. The molecular formula is C38H73O8P. The summed E-state index contributed by atoms with van der Waals surface area (Å²) in [6, 6.07) is 0. The number of carbonyl (C=O) groups excluding carboxylic acids is 2. The van der Waals surface area contributed by atoms with Gasteiger partial charge >= 0.3 is 19.8 Å². The highest BCUT2D eigenvalue weighted by atomic mass is 31.2. The largest absolute Gasteiger partial charge is 0.469 e. The number of phosphoric acid groups is 1. The lowest BCUT2D eigenvalue weighted by molar-refractivity contribution is -0.161. The van der Waals surface area contributed by atoms with Crippen LogP contribution in [0, 0.1) is 0 Å². The van der Waals surface area contributed by atoms with Crippen LogP contribution in [0.25, 0.3) is 0 Å². The molecule has 0 aromatic rings. The molecule has 0 aliphatic heterocycles. The molecule has 0 amide bonds. The molecule has 0 radical (unpaired) electrons. The standard InChI is InChI=1S/C38H73O8P/c1-3-5-7-9-11-13-15-17-18-19-21-23-25-27-29-31-33-38(40)46-36(35-45-47(41,42)43)34-44-37(39)32-30-28-26-24-22-20-16-14-12-10-8-6-4-2/h18-19,36H,3-17,20-35H2,1-2H3,(H2,41,42,43)/b19-18-. The van der Waals surface area contributed by atoms with E-state index in [4.69, 9.17) is 19.3 Å². The van der Waals surface area contributed by atoms with Gasteiger partial charge in [0.05, 0.1) is 6.61 Å². The Hall–Kier alpha value is -1.21. The Kier molecular flexibility index (Phi) is 33.8. The molecule has 0 aromatic carbocycles. The second-order valence-corrected chi connectivity index (χ2v) is 14.5. The van der Waals surface area contributed by atoms with Gasteiger partial charge in [0.25, 0.3) is 0 Å². The van der Waals surface area contributed by atoms with Crippen LogP contribution in [0.5, 0.6) is 0 Å². The zero-order valence-corrected chi connectivity index (χ0v) is 31.3. The van der Waals surface area contributed by atoms with Crippen molar-refractivity contribution in [3.8, 4) is 0 Å². The van der Waals surface area contributed by atoms with Gasteiger partial charge in [-0.3, -0.25) is 14.1 Å². The van der Waals surface area contributed by atoms with Crippen molar-refractivity contribution in [2.24, 2.45) is 0 Å². The van der Waals surface area contributed by atoms with Crippen LogP contribution in [0.15, 0.2) is 12.2 Å². The highest BCUT2D eigenvalue weighted by molar-refractivity contribution is 7.46. The zero-order chi connectivity index (χ0) is 34.7. The number of hydrogen-bond acceptors (Lipinski definition) is 6. The lowest BCUT2D eigenvalue weighted by Crippen LogP contribution is -2.29.